The summed E-state index contributed by atoms with van der Waals surface area (Å²) in [4.78, 5) is 25.1. The van der Waals surface area contributed by atoms with Gasteiger partial charge in [0.1, 0.15) is 6.04 Å². The molecule has 1 amide bonds. The number of amides is 1. The first-order chi connectivity index (χ1) is 11.2. The fraction of sp³-hybridized carbons (Fsp3) is 0.867. The van der Waals surface area contributed by atoms with E-state index < -0.39 is 34.3 Å². The highest BCUT2D eigenvalue weighted by Gasteiger charge is 2.49. The number of carbonyl (C=O) groups excluding carboxylic acids is 1. The number of fused-ring (bicyclic) bond motifs is 1. The van der Waals surface area contributed by atoms with Gasteiger partial charge in [-0.2, -0.15) is 8.42 Å². The summed E-state index contributed by atoms with van der Waals surface area (Å²) in [5.41, 5.74) is 0. The fourth-order valence-corrected chi connectivity index (χ4v) is 4.95. The van der Waals surface area contributed by atoms with Gasteiger partial charge < -0.3 is 9.84 Å². The van der Waals surface area contributed by atoms with Gasteiger partial charge in [-0.15, -0.1) is 0 Å². The van der Waals surface area contributed by atoms with Crippen molar-refractivity contribution in [3.63, 3.8) is 0 Å². The number of carbonyl (C=O) groups is 2. The first kappa shape index (κ1) is 19.0. The van der Waals surface area contributed by atoms with Crippen LogP contribution >= 0.6 is 0 Å². The van der Waals surface area contributed by atoms with Gasteiger partial charge in [-0.3, -0.25) is 9.08 Å². The average Bonchev–Trinajstić information content (AvgIpc) is 2.50. The van der Waals surface area contributed by atoms with Gasteiger partial charge in [0, 0.05) is 6.04 Å². The van der Waals surface area contributed by atoms with Gasteiger partial charge in [-0.25, -0.2) is 9.59 Å². The highest BCUT2D eigenvalue weighted by molar-refractivity contribution is 7.86. The number of rotatable bonds is 4. The number of methoxy groups -OCH3 is 1. The maximum absolute atomic E-state index is 12.1. The lowest BCUT2D eigenvalue weighted by molar-refractivity contribution is -0.149. The number of likely N-dealkylation sites (tertiary alicyclic amines) is 1. The molecule has 24 heavy (non-hydrogen) atoms. The third-order valence-electron chi connectivity index (χ3n) is 5.11. The summed E-state index contributed by atoms with van der Waals surface area (Å²) in [6.07, 6.45) is 2.66. The molecule has 0 aromatic rings. The van der Waals surface area contributed by atoms with Gasteiger partial charge >= 0.3 is 12.1 Å². The summed E-state index contributed by atoms with van der Waals surface area (Å²) in [5.74, 6) is -0.926. The van der Waals surface area contributed by atoms with E-state index in [1.54, 1.807) is 0 Å². The molecule has 1 aliphatic heterocycles. The number of carboxylic acid groups (broad SMARTS) is 1. The van der Waals surface area contributed by atoms with Crippen molar-refractivity contribution in [2.75, 3.05) is 13.4 Å². The first-order valence-electron chi connectivity index (χ1n) is 8.15. The molecule has 9 heteroatoms. The number of hydrogen-bond acceptors (Lipinski definition) is 6. The van der Waals surface area contributed by atoms with Crippen molar-refractivity contribution in [1.82, 2.24) is 4.90 Å². The predicted molar refractivity (Wildman–Crippen MR) is 84.9 cm³/mol. The third kappa shape index (κ3) is 4.00. The normalized spacial score (nSPS) is 33.6. The van der Waals surface area contributed by atoms with E-state index in [4.69, 9.17) is 8.92 Å². The van der Waals surface area contributed by atoms with Crippen LogP contribution in [0.25, 0.3) is 0 Å². The van der Waals surface area contributed by atoms with E-state index in [2.05, 4.69) is 0 Å². The van der Waals surface area contributed by atoms with E-state index in [9.17, 15) is 23.1 Å². The van der Waals surface area contributed by atoms with Gasteiger partial charge in [0.25, 0.3) is 10.1 Å². The zero-order valence-corrected chi connectivity index (χ0v) is 15.0. The van der Waals surface area contributed by atoms with E-state index in [1.165, 1.54) is 12.0 Å². The van der Waals surface area contributed by atoms with Crippen LogP contribution in [0.2, 0.25) is 0 Å². The summed E-state index contributed by atoms with van der Waals surface area (Å²) in [6, 6.07) is -1.18. The molecule has 0 aromatic carbocycles. The van der Waals surface area contributed by atoms with Crippen LogP contribution < -0.4 is 0 Å². The molecule has 2 fully saturated rings. The fourth-order valence-electron chi connectivity index (χ4n) is 4.28. The molecule has 1 aliphatic carbocycles. The Morgan fingerprint density at radius 2 is 1.92 bits per heavy atom. The maximum atomic E-state index is 12.1. The molecule has 1 N–H and O–H groups in total. The minimum Gasteiger partial charge on any atom is -0.480 e. The average molecular weight is 363 g/mol. The number of aliphatic carboxylic acids is 1. The summed E-state index contributed by atoms with van der Waals surface area (Å²) in [7, 11) is -2.29. The smallest absolute Gasteiger partial charge is 0.410 e. The molecule has 5 atom stereocenters. The number of ether oxygens (including phenoxy) is 1. The molecule has 1 unspecified atom stereocenters. The quantitative estimate of drug-likeness (QED) is 0.753. The lowest BCUT2D eigenvalue weighted by Gasteiger charge is -2.50. The standard InChI is InChI=1S/C15H25NO7S/c1-4-12-11-6-5-10(23-24(3,20)21)7-9(11)8-13(14(17)18)16(12)15(19)22-2/h9-13H,4-8H2,1-3H3,(H,17,18)/t9-,10-,11-,12?,13+/m1/s1. The van der Waals surface area contributed by atoms with Gasteiger partial charge in [0.05, 0.1) is 19.5 Å². The lowest BCUT2D eigenvalue weighted by Crippen LogP contribution is -2.60. The molecular weight excluding hydrogens is 338 g/mol. The monoisotopic (exact) mass is 363 g/mol. The molecule has 8 nitrogen and oxygen atoms in total. The van der Waals surface area contributed by atoms with Crippen molar-refractivity contribution in [3.8, 4) is 0 Å². The number of hydrogen-bond donors (Lipinski definition) is 1. The SMILES string of the molecule is CCC1[C@@H]2CC[C@@H](OS(C)(=O)=O)C[C@@H]2C[C@@H](C(=O)O)N1C(=O)OC. The largest absolute Gasteiger partial charge is 0.480 e. The Balaban J connectivity index is 2.23. The molecule has 0 spiro atoms. The summed E-state index contributed by atoms with van der Waals surface area (Å²) in [6.45, 7) is 1.92. The number of nitrogens with zero attached hydrogens (tertiary/aromatic N) is 1. The van der Waals surface area contributed by atoms with Gasteiger partial charge in [-0.05, 0) is 43.9 Å². The van der Waals surface area contributed by atoms with Crippen LogP contribution in [-0.4, -0.2) is 62.0 Å². The molecule has 2 rings (SSSR count). The second kappa shape index (κ2) is 7.26. The Labute approximate surface area is 142 Å². The zero-order chi connectivity index (χ0) is 18.1. The van der Waals surface area contributed by atoms with Crippen molar-refractivity contribution in [1.29, 1.82) is 0 Å². The number of piperidine rings is 1. The third-order valence-corrected chi connectivity index (χ3v) is 5.73. The molecular formula is C15H25NO7S. The van der Waals surface area contributed by atoms with Crippen LogP contribution in [0.4, 0.5) is 4.79 Å². The van der Waals surface area contributed by atoms with Crippen molar-refractivity contribution >= 4 is 22.2 Å². The van der Waals surface area contributed by atoms with Gasteiger partial charge in [0.2, 0.25) is 0 Å². The number of carboxylic acids is 1. The minimum absolute atomic E-state index is 0.0115. The molecule has 1 saturated heterocycles. The van der Waals surface area contributed by atoms with Crippen LogP contribution in [0.5, 0.6) is 0 Å². The van der Waals surface area contributed by atoms with E-state index in [-0.39, 0.29) is 24.3 Å². The van der Waals surface area contributed by atoms with Crippen molar-refractivity contribution < 1.29 is 32.0 Å². The van der Waals surface area contributed by atoms with Crippen molar-refractivity contribution in [3.05, 3.63) is 0 Å². The molecule has 2 aliphatic rings. The van der Waals surface area contributed by atoms with Crippen LogP contribution in [0.15, 0.2) is 0 Å². The highest BCUT2D eigenvalue weighted by atomic mass is 32.2. The molecule has 0 bridgehead atoms. The van der Waals surface area contributed by atoms with E-state index in [0.29, 0.717) is 25.7 Å². The summed E-state index contributed by atoms with van der Waals surface area (Å²) >= 11 is 0. The Hall–Kier alpha value is -1.35. The topological polar surface area (TPSA) is 110 Å². The maximum Gasteiger partial charge on any atom is 0.410 e. The van der Waals surface area contributed by atoms with Crippen molar-refractivity contribution in [2.24, 2.45) is 11.8 Å². The predicted octanol–water partition coefficient (Wildman–Crippen LogP) is 1.45. The van der Waals surface area contributed by atoms with Gasteiger partial charge in [0.15, 0.2) is 0 Å². The van der Waals surface area contributed by atoms with Crippen LogP contribution in [-0.2, 0) is 23.8 Å². The minimum atomic E-state index is -3.54. The summed E-state index contributed by atoms with van der Waals surface area (Å²) in [5, 5.41) is 9.53. The molecule has 1 heterocycles. The lowest BCUT2D eigenvalue weighted by atomic mass is 9.67. The zero-order valence-electron chi connectivity index (χ0n) is 14.2. The van der Waals surface area contributed by atoms with E-state index in [1.807, 2.05) is 6.92 Å². The van der Waals surface area contributed by atoms with Crippen LogP contribution in [0, 0.1) is 11.8 Å². The Morgan fingerprint density at radius 3 is 2.42 bits per heavy atom. The Bertz CT molecular complexity index is 591. The van der Waals surface area contributed by atoms with Crippen LogP contribution in [0.3, 0.4) is 0 Å². The van der Waals surface area contributed by atoms with E-state index >= 15 is 0 Å². The van der Waals surface area contributed by atoms with Crippen LogP contribution in [0.1, 0.15) is 39.0 Å². The Morgan fingerprint density at radius 1 is 1.25 bits per heavy atom. The first-order valence-corrected chi connectivity index (χ1v) is 9.96. The summed E-state index contributed by atoms with van der Waals surface area (Å²) < 4.78 is 32.6. The van der Waals surface area contributed by atoms with Gasteiger partial charge in [-0.1, -0.05) is 6.92 Å². The second-order valence-electron chi connectivity index (χ2n) is 6.60. The molecule has 138 valence electrons. The molecule has 0 radical (unpaired) electrons. The highest BCUT2D eigenvalue weighted by Crippen LogP contribution is 2.44. The molecule has 0 aromatic heterocycles. The van der Waals surface area contributed by atoms with Crippen molar-refractivity contribution in [2.45, 2.75) is 57.2 Å². The second-order valence-corrected chi connectivity index (χ2v) is 8.20. The molecule has 1 saturated carbocycles. The Kier molecular flexibility index (Phi) is 5.74. The van der Waals surface area contributed by atoms with E-state index in [0.717, 1.165) is 6.26 Å².